The molecule has 0 aromatic carbocycles. The third-order valence-corrected chi connectivity index (χ3v) is 2.55. The highest BCUT2D eigenvalue weighted by molar-refractivity contribution is 8.00. The van der Waals surface area contributed by atoms with Gasteiger partial charge in [0.05, 0.1) is 11.7 Å². The molecule has 0 saturated carbocycles. The molecular formula is C5H12N3S-. The number of nitrogens with zero attached hydrogens (tertiary/aromatic N) is 1. The minimum atomic E-state index is 0.143. The fourth-order valence-electron chi connectivity index (χ4n) is 0.729. The number of rotatable bonds is 1. The summed E-state index contributed by atoms with van der Waals surface area (Å²) in [6.45, 7) is 0. The van der Waals surface area contributed by atoms with E-state index < -0.39 is 0 Å². The van der Waals surface area contributed by atoms with Gasteiger partial charge in [0.2, 0.25) is 0 Å². The van der Waals surface area contributed by atoms with Crippen LogP contribution in [-0.4, -0.2) is 29.4 Å². The fraction of sp³-hybridized carbons (Fsp3) is 0.800. The average Bonchev–Trinajstić information content (AvgIpc) is 2.14. The summed E-state index contributed by atoms with van der Waals surface area (Å²) < 4.78 is 0. The van der Waals surface area contributed by atoms with E-state index in [-0.39, 0.29) is 6.17 Å². The molecule has 0 amide bonds. The molecule has 1 saturated heterocycles. The Morgan fingerprint density at radius 2 is 2.56 bits per heavy atom. The van der Waals surface area contributed by atoms with Crippen molar-refractivity contribution in [2.75, 3.05) is 12.8 Å². The second-order valence-corrected chi connectivity index (χ2v) is 3.33. The van der Waals surface area contributed by atoms with Gasteiger partial charge in [-0.15, -0.1) is 11.8 Å². The Morgan fingerprint density at radius 3 is 2.78 bits per heavy atom. The van der Waals surface area contributed by atoms with Crippen molar-refractivity contribution >= 4 is 11.8 Å². The molecule has 0 spiro atoms. The Balaban J connectivity index is 2.30. The standard InChI is InChI=1S/C5H12N3S/c1-8(2)5-7-4(6)3-9-5/h4-5,7H,1,3,6H2,2H3/q-1. The van der Waals surface area contributed by atoms with Crippen LogP contribution in [0.3, 0.4) is 0 Å². The van der Waals surface area contributed by atoms with Gasteiger partial charge in [-0.25, -0.2) is 0 Å². The van der Waals surface area contributed by atoms with E-state index in [0.717, 1.165) is 5.75 Å². The van der Waals surface area contributed by atoms with Gasteiger partial charge in [0, 0.05) is 5.75 Å². The fourth-order valence-corrected chi connectivity index (χ4v) is 1.74. The summed E-state index contributed by atoms with van der Waals surface area (Å²) in [7, 11) is 5.68. The molecule has 9 heavy (non-hydrogen) atoms. The third kappa shape index (κ3) is 1.82. The number of hydrogen-bond donors (Lipinski definition) is 2. The summed E-state index contributed by atoms with van der Waals surface area (Å²) in [5.41, 5.74) is 5.88. The SMILES string of the molecule is [CH2-]N(C)C1NC(N)CS1. The highest BCUT2D eigenvalue weighted by atomic mass is 32.2. The van der Waals surface area contributed by atoms with Crippen molar-refractivity contribution in [1.29, 1.82) is 0 Å². The van der Waals surface area contributed by atoms with Crippen LogP contribution in [0.1, 0.15) is 0 Å². The third-order valence-electron chi connectivity index (χ3n) is 1.19. The molecule has 1 aliphatic heterocycles. The normalized spacial score (nSPS) is 36.0. The summed E-state index contributed by atoms with van der Waals surface area (Å²) in [5.74, 6) is 0.977. The quantitative estimate of drug-likeness (QED) is 0.495. The van der Waals surface area contributed by atoms with Gasteiger partial charge < -0.3 is 10.6 Å². The summed E-state index contributed by atoms with van der Waals surface area (Å²) in [6.07, 6.45) is 0.143. The smallest absolute Gasteiger partial charge is 0.0816 e. The molecule has 0 aromatic rings. The number of hydrogen-bond acceptors (Lipinski definition) is 4. The van der Waals surface area contributed by atoms with Crippen LogP contribution in [-0.2, 0) is 0 Å². The zero-order chi connectivity index (χ0) is 6.85. The van der Waals surface area contributed by atoms with Crippen LogP contribution in [0.4, 0.5) is 0 Å². The van der Waals surface area contributed by atoms with Crippen LogP contribution in [0.25, 0.3) is 0 Å². The van der Waals surface area contributed by atoms with E-state index in [1.807, 2.05) is 11.9 Å². The van der Waals surface area contributed by atoms with E-state index in [1.165, 1.54) is 0 Å². The molecule has 54 valence electrons. The molecule has 1 rings (SSSR count). The molecule has 4 heteroatoms. The molecule has 3 N–H and O–H groups in total. The summed E-state index contributed by atoms with van der Waals surface area (Å²) in [4.78, 5) is 1.87. The van der Waals surface area contributed by atoms with Gasteiger partial charge >= 0.3 is 0 Å². The van der Waals surface area contributed by atoms with Crippen LogP contribution >= 0.6 is 11.8 Å². The summed E-state index contributed by atoms with van der Waals surface area (Å²) in [5, 5.41) is 3.16. The maximum Gasteiger partial charge on any atom is 0.0816 e. The minimum absolute atomic E-state index is 0.143. The van der Waals surface area contributed by atoms with E-state index >= 15 is 0 Å². The summed E-state index contributed by atoms with van der Waals surface area (Å²) >= 11 is 1.79. The lowest BCUT2D eigenvalue weighted by molar-refractivity contribution is 0.359. The predicted molar refractivity (Wildman–Crippen MR) is 40.5 cm³/mol. The van der Waals surface area contributed by atoms with Crippen LogP contribution in [0, 0.1) is 7.05 Å². The van der Waals surface area contributed by atoms with E-state index in [2.05, 4.69) is 12.4 Å². The lowest BCUT2D eigenvalue weighted by Crippen LogP contribution is -2.42. The van der Waals surface area contributed by atoms with Gasteiger partial charge in [-0.3, -0.25) is 12.4 Å². The van der Waals surface area contributed by atoms with Crippen molar-refractivity contribution in [3.05, 3.63) is 7.05 Å². The Morgan fingerprint density at radius 1 is 1.89 bits per heavy atom. The first-order valence-electron chi connectivity index (χ1n) is 2.86. The summed E-state index contributed by atoms with van der Waals surface area (Å²) in [6, 6.07) is 0. The molecule has 0 aromatic heterocycles. The van der Waals surface area contributed by atoms with Gasteiger partial charge in [-0.2, -0.15) is 0 Å². The number of thioether (sulfide) groups is 1. The first kappa shape index (κ1) is 7.34. The van der Waals surface area contributed by atoms with Gasteiger partial charge in [0.1, 0.15) is 0 Å². The minimum Gasteiger partial charge on any atom is -0.439 e. The van der Waals surface area contributed by atoms with E-state index in [0.29, 0.717) is 5.50 Å². The Labute approximate surface area is 60.0 Å². The number of nitrogens with one attached hydrogen (secondary N) is 1. The number of nitrogens with two attached hydrogens (primary N) is 1. The second kappa shape index (κ2) is 2.88. The molecule has 0 aliphatic carbocycles. The van der Waals surface area contributed by atoms with Crippen molar-refractivity contribution in [2.45, 2.75) is 11.7 Å². The molecular weight excluding hydrogens is 134 g/mol. The van der Waals surface area contributed by atoms with Crippen molar-refractivity contribution in [3.63, 3.8) is 0 Å². The molecule has 0 radical (unpaired) electrons. The molecule has 0 bridgehead atoms. The van der Waals surface area contributed by atoms with Crippen molar-refractivity contribution in [3.8, 4) is 0 Å². The molecule has 2 unspecified atom stereocenters. The topological polar surface area (TPSA) is 41.3 Å². The maximum absolute atomic E-state index is 5.58. The van der Waals surface area contributed by atoms with E-state index in [4.69, 9.17) is 5.73 Å². The molecule has 3 nitrogen and oxygen atoms in total. The lowest BCUT2D eigenvalue weighted by Gasteiger charge is -2.26. The van der Waals surface area contributed by atoms with Gasteiger partial charge in [0.15, 0.2) is 0 Å². The molecule has 1 heterocycles. The van der Waals surface area contributed by atoms with Crippen LogP contribution in [0.5, 0.6) is 0 Å². The molecule has 2 atom stereocenters. The molecule has 1 aliphatic rings. The predicted octanol–water partition coefficient (Wildman–Crippen LogP) is -0.385. The van der Waals surface area contributed by atoms with Gasteiger partial charge in [-0.1, -0.05) is 0 Å². The zero-order valence-corrected chi connectivity index (χ0v) is 6.32. The van der Waals surface area contributed by atoms with E-state index in [9.17, 15) is 0 Å². The first-order chi connectivity index (χ1) is 4.20. The lowest BCUT2D eigenvalue weighted by atomic mass is 10.6. The zero-order valence-electron chi connectivity index (χ0n) is 5.50. The van der Waals surface area contributed by atoms with E-state index in [1.54, 1.807) is 11.8 Å². The molecule has 1 fully saturated rings. The van der Waals surface area contributed by atoms with Crippen LogP contribution in [0.2, 0.25) is 0 Å². The van der Waals surface area contributed by atoms with Crippen molar-refractivity contribution < 1.29 is 0 Å². The second-order valence-electron chi connectivity index (χ2n) is 2.22. The first-order valence-corrected chi connectivity index (χ1v) is 3.91. The Bertz CT molecular complexity index is 96.2. The monoisotopic (exact) mass is 146 g/mol. The Hall–Kier alpha value is 0.230. The highest BCUT2D eigenvalue weighted by Crippen LogP contribution is 2.17. The largest absolute Gasteiger partial charge is 0.439 e. The van der Waals surface area contributed by atoms with Gasteiger partial charge in [-0.05, 0) is 7.05 Å². The van der Waals surface area contributed by atoms with Crippen molar-refractivity contribution in [2.24, 2.45) is 5.73 Å². The van der Waals surface area contributed by atoms with Crippen LogP contribution < -0.4 is 11.1 Å². The Kier molecular flexibility index (Phi) is 2.35. The average molecular weight is 146 g/mol. The van der Waals surface area contributed by atoms with Crippen molar-refractivity contribution in [1.82, 2.24) is 10.2 Å². The highest BCUT2D eigenvalue weighted by Gasteiger charge is 2.19. The maximum atomic E-state index is 5.58. The van der Waals surface area contributed by atoms with Gasteiger partial charge in [0.25, 0.3) is 0 Å². The van der Waals surface area contributed by atoms with Crippen LogP contribution in [0.15, 0.2) is 0 Å².